The van der Waals surface area contributed by atoms with Gasteiger partial charge in [-0.05, 0) is 23.9 Å². The second-order valence-electron chi connectivity index (χ2n) is 4.18. The van der Waals surface area contributed by atoms with Gasteiger partial charge in [0.2, 0.25) is 0 Å². The van der Waals surface area contributed by atoms with Gasteiger partial charge in [0.1, 0.15) is 0 Å². The fraction of sp³-hybridized carbons (Fsp3) is 0.429. The van der Waals surface area contributed by atoms with Crippen LogP contribution in [0.5, 0.6) is 0 Å². The zero-order valence-corrected chi connectivity index (χ0v) is 10.5. The lowest BCUT2D eigenvalue weighted by Crippen LogP contribution is -1.71. The molecule has 0 radical (unpaired) electrons. The number of hydrogen-bond acceptors (Lipinski definition) is 0. The van der Waals surface area contributed by atoms with Gasteiger partial charge in [0.15, 0.2) is 0 Å². The molecule has 0 atom stereocenters. The van der Waals surface area contributed by atoms with Crippen LogP contribution in [0.2, 0.25) is 0 Å². The van der Waals surface area contributed by atoms with Crippen molar-refractivity contribution in [3.63, 3.8) is 0 Å². The molecule has 86 valence electrons. The average Bonchev–Trinajstić information content (AvgIpc) is 3.00. The number of benzene rings is 1. The number of para-hydroxylation sites is 1. The molecular formula is C14H18ClN. The van der Waals surface area contributed by atoms with Crippen molar-refractivity contribution >= 4 is 22.5 Å². The van der Waals surface area contributed by atoms with E-state index in [-0.39, 0.29) is 0 Å². The summed E-state index contributed by atoms with van der Waals surface area (Å²) < 4.78 is 2.33. The van der Waals surface area contributed by atoms with Gasteiger partial charge < -0.3 is 4.57 Å². The predicted octanol–water partition coefficient (Wildman–Crippen LogP) is 4.42. The highest BCUT2D eigenvalue weighted by Crippen LogP contribution is 2.29. The van der Waals surface area contributed by atoms with Gasteiger partial charge in [-0.3, -0.25) is 0 Å². The maximum Gasteiger partial charge on any atom is 0.0632 e. The number of fused-ring (bicyclic) bond motifs is 3. The second-order valence-corrected chi connectivity index (χ2v) is 4.55. The van der Waals surface area contributed by atoms with Crippen molar-refractivity contribution in [3.8, 4) is 0 Å². The maximum absolute atomic E-state index is 5.38. The van der Waals surface area contributed by atoms with Crippen LogP contribution in [0.4, 0.5) is 0 Å². The molecule has 1 nitrogen and oxygen atoms in total. The largest absolute Gasteiger partial charge is 0.337 e. The van der Waals surface area contributed by atoms with Crippen molar-refractivity contribution in [1.29, 1.82) is 0 Å². The molecule has 0 fully saturated rings. The third-order valence-corrected chi connectivity index (χ3v) is 3.12. The molecule has 0 amide bonds. The molecule has 0 saturated carbocycles. The average molecular weight is 236 g/mol. The molecule has 0 N–H and O–H groups in total. The van der Waals surface area contributed by atoms with Crippen LogP contribution in [0.25, 0.3) is 10.9 Å². The third-order valence-electron chi connectivity index (χ3n) is 2.85. The van der Waals surface area contributed by atoms with Crippen LogP contribution in [0.3, 0.4) is 0 Å². The van der Waals surface area contributed by atoms with E-state index >= 15 is 0 Å². The van der Waals surface area contributed by atoms with E-state index < -0.39 is 0 Å². The van der Waals surface area contributed by atoms with Crippen molar-refractivity contribution in [2.45, 2.75) is 32.7 Å². The summed E-state index contributed by atoms with van der Waals surface area (Å²) in [5, 5.41) is 1.38. The summed E-state index contributed by atoms with van der Waals surface area (Å²) in [5.74, 6) is 0.827. The third kappa shape index (κ3) is 2.59. The van der Waals surface area contributed by atoms with Crippen molar-refractivity contribution < 1.29 is 0 Å². The monoisotopic (exact) mass is 235 g/mol. The second kappa shape index (κ2) is 5.40. The standard InChI is InChI=1S/C9H7N.C5H11Cl/c1-2-4-9-7(3-1)5-8-6-10(8)9;1-2-3-4-5-6/h1-5H,6H2;2-5H2,1H3. The fourth-order valence-corrected chi connectivity index (χ4v) is 2.06. The summed E-state index contributed by atoms with van der Waals surface area (Å²) in [7, 11) is 0. The Hall–Kier alpha value is -0.950. The molecule has 1 aromatic heterocycles. The molecule has 0 aliphatic carbocycles. The Balaban J connectivity index is 0.000000142. The fourth-order valence-electron chi connectivity index (χ4n) is 1.87. The van der Waals surface area contributed by atoms with E-state index in [9.17, 15) is 0 Å². The van der Waals surface area contributed by atoms with Gasteiger partial charge in [0, 0.05) is 17.1 Å². The first-order valence-electron chi connectivity index (χ1n) is 6.00. The van der Waals surface area contributed by atoms with E-state index in [1.807, 2.05) is 0 Å². The highest BCUT2D eigenvalue weighted by molar-refractivity contribution is 6.17. The Morgan fingerprint density at radius 2 is 2.06 bits per heavy atom. The van der Waals surface area contributed by atoms with Crippen LogP contribution in [-0.2, 0) is 6.54 Å². The number of rotatable bonds is 3. The van der Waals surface area contributed by atoms with Crippen LogP contribution in [-0.4, -0.2) is 10.4 Å². The van der Waals surface area contributed by atoms with Crippen LogP contribution in [0.15, 0.2) is 30.3 Å². The van der Waals surface area contributed by atoms with E-state index in [2.05, 4.69) is 41.8 Å². The summed E-state index contributed by atoms with van der Waals surface area (Å²) in [6.07, 6.45) is 3.73. The van der Waals surface area contributed by atoms with Gasteiger partial charge in [-0.1, -0.05) is 38.0 Å². The first-order valence-corrected chi connectivity index (χ1v) is 6.53. The highest BCUT2D eigenvalue weighted by atomic mass is 35.5. The molecule has 0 spiro atoms. The highest BCUT2D eigenvalue weighted by Gasteiger charge is 2.18. The minimum absolute atomic E-state index is 0.827. The Kier molecular flexibility index (Phi) is 3.89. The predicted molar refractivity (Wildman–Crippen MR) is 71.3 cm³/mol. The Labute approximate surface area is 102 Å². The van der Waals surface area contributed by atoms with Gasteiger partial charge in [-0.25, -0.2) is 0 Å². The van der Waals surface area contributed by atoms with Gasteiger partial charge >= 0.3 is 0 Å². The van der Waals surface area contributed by atoms with Crippen molar-refractivity contribution in [2.75, 3.05) is 5.88 Å². The smallest absolute Gasteiger partial charge is 0.0632 e. The summed E-state index contributed by atoms with van der Waals surface area (Å²) in [4.78, 5) is 0. The Morgan fingerprint density at radius 3 is 2.69 bits per heavy atom. The van der Waals surface area contributed by atoms with E-state index in [4.69, 9.17) is 11.6 Å². The minimum Gasteiger partial charge on any atom is -0.337 e. The topological polar surface area (TPSA) is 4.93 Å². The summed E-state index contributed by atoms with van der Waals surface area (Å²) in [6, 6.07) is 10.8. The van der Waals surface area contributed by atoms with Crippen molar-refractivity contribution in [2.24, 2.45) is 0 Å². The first kappa shape index (κ1) is 11.5. The first-order chi connectivity index (χ1) is 7.86. The molecule has 16 heavy (non-hydrogen) atoms. The van der Waals surface area contributed by atoms with Gasteiger partial charge in [-0.15, -0.1) is 11.6 Å². The van der Waals surface area contributed by atoms with Gasteiger partial charge in [0.25, 0.3) is 0 Å². The molecule has 3 rings (SSSR count). The molecular weight excluding hydrogens is 218 g/mol. The number of hydrogen-bond donors (Lipinski definition) is 0. The lowest BCUT2D eigenvalue weighted by Gasteiger charge is -1.88. The minimum atomic E-state index is 0.827. The molecule has 2 heterocycles. The number of halogens is 1. The number of alkyl halides is 1. The quantitative estimate of drug-likeness (QED) is 0.468. The molecule has 0 bridgehead atoms. The van der Waals surface area contributed by atoms with E-state index in [0.717, 1.165) is 12.4 Å². The molecule has 0 saturated heterocycles. The normalized spacial score (nSPS) is 11.9. The Bertz CT molecular complexity index is 455. The molecule has 1 aromatic carbocycles. The molecule has 1 aliphatic heterocycles. The van der Waals surface area contributed by atoms with E-state index in [1.165, 1.54) is 35.9 Å². The SMILES string of the molecule is CCCCCCl.c1ccc2c(c1)cc1n2C1. The lowest BCUT2D eigenvalue weighted by atomic mass is 10.2. The van der Waals surface area contributed by atoms with Crippen LogP contribution in [0.1, 0.15) is 31.9 Å². The Morgan fingerprint density at radius 1 is 1.25 bits per heavy atom. The molecule has 2 aromatic rings. The number of nitrogens with zero attached hydrogens (tertiary/aromatic N) is 1. The summed E-state index contributed by atoms with van der Waals surface area (Å²) in [5.41, 5.74) is 2.86. The lowest BCUT2D eigenvalue weighted by molar-refractivity contribution is 0.776. The van der Waals surface area contributed by atoms with Crippen molar-refractivity contribution in [1.82, 2.24) is 4.57 Å². The van der Waals surface area contributed by atoms with E-state index in [0.29, 0.717) is 0 Å². The van der Waals surface area contributed by atoms with Crippen molar-refractivity contribution in [3.05, 3.63) is 36.0 Å². The van der Waals surface area contributed by atoms with Crippen LogP contribution in [0, 0.1) is 0 Å². The maximum atomic E-state index is 5.38. The van der Waals surface area contributed by atoms with Gasteiger partial charge in [0.05, 0.1) is 6.54 Å². The van der Waals surface area contributed by atoms with Gasteiger partial charge in [-0.2, -0.15) is 0 Å². The molecule has 2 heteroatoms. The zero-order valence-electron chi connectivity index (χ0n) is 9.75. The summed E-state index contributed by atoms with van der Waals surface area (Å²) in [6.45, 7) is 3.34. The van der Waals surface area contributed by atoms with Crippen LogP contribution < -0.4 is 0 Å². The number of aromatic nitrogens is 1. The molecule has 0 unspecified atom stereocenters. The van der Waals surface area contributed by atoms with Crippen LogP contribution >= 0.6 is 11.6 Å². The number of unbranched alkanes of at least 4 members (excludes halogenated alkanes) is 2. The molecule has 1 aliphatic rings. The zero-order chi connectivity index (χ0) is 11.4. The summed E-state index contributed by atoms with van der Waals surface area (Å²) >= 11 is 5.38. The van der Waals surface area contributed by atoms with E-state index in [1.54, 1.807) is 0 Å².